The predicted octanol–water partition coefficient (Wildman–Crippen LogP) is 3.75. The molecule has 0 fully saturated rings. The van der Waals surface area contributed by atoms with E-state index in [0.29, 0.717) is 0 Å². The van der Waals surface area contributed by atoms with Crippen LogP contribution in [0.2, 0.25) is 0 Å². The van der Waals surface area contributed by atoms with Gasteiger partial charge in [-0.25, -0.2) is 0 Å². The molecular weight excluding hydrogens is 190 g/mol. The summed E-state index contributed by atoms with van der Waals surface area (Å²) < 4.78 is 0. The largest absolute Gasteiger partial charge is 0.323 e. The number of thiophene rings is 1. The van der Waals surface area contributed by atoms with Gasteiger partial charge in [-0.1, -0.05) is 20.8 Å². The maximum atomic E-state index is 6.12. The van der Waals surface area contributed by atoms with Crippen LogP contribution in [0.3, 0.4) is 0 Å². The smallest absolute Gasteiger partial charge is 0.0389 e. The van der Waals surface area contributed by atoms with E-state index in [1.165, 1.54) is 16.2 Å². The van der Waals surface area contributed by atoms with Gasteiger partial charge in [0.15, 0.2) is 0 Å². The van der Waals surface area contributed by atoms with Gasteiger partial charge in [-0.3, -0.25) is 0 Å². The summed E-state index contributed by atoms with van der Waals surface area (Å²) in [5, 5.41) is 0. The first-order chi connectivity index (χ1) is 6.63. The van der Waals surface area contributed by atoms with Crippen molar-refractivity contribution in [3.8, 4) is 0 Å². The SMILES string of the molecule is CCc1ccc(C(N)CCC(C)C)s1. The molecular formula is C12H21NS. The topological polar surface area (TPSA) is 26.0 Å². The Morgan fingerprint density at radius 2 is 2.00 bits per heavy atom. The second-order valence-corrected chi connectivity index (χ2v) is 5.44. The normalized spacial score (nSPS) is 13.5. The van der Waals surface area contributed by atoms with Gasteiger partial charge in [-0.2, -0.15) is 0 Å². The highest BCUT2D eigenvalue weighted by molar-refractivity contribution is 7.12. The van der Waals surface area contributed by atoms with Crippen molar-refractivity contribution in [3.63, 3.8) is 0 Å². The highest BCUT2D eigenvalue weighted by Gasteiger charge is 2.09. The summed E-state index contributed by atoms with van der Waals surface area (Å²) in [4.78, 5) is 2.79. The predicted molar refractivity (Wildman–Crippen MR) is 64.7 cm³/mol. The third-order valence-electron chi connectivity index (χ3n) is 2.45. The van der Waals surface area contributed by atoms with Gasteiger partial charge in [0.25, 0.3) is 0 Å². The molecule has 1 heterocycles. The van der Waals surface area contributed by atoms with E-state index < -0.39 is 0 Å². The van der Waals surface area contributed by atoms with Crippen molar-refractivity contribution in [2.75, 3.05) is 0 Å². The summed E-state index contributed by atoms with van der Waals surface area (Å²) in [5.41, 5.74) is 6.12. The van der Waals surface area contributed by atoms with Crippen LogP contribution in [0.25, 0.3) is 0 Å². The molecule has 1 rings (SSSR count). The Hall–Kier alpha value is -0.340. The Balaban J connectivity index is 2.47. The molecule has 14 heavy (non-hydrogen) atoms. The van der Waals surface area contributed by atoms with Crippen LogP contribution in [-0.2, 0) is 6.42 Å². The standard InChI is InChI=1S/C12H21NS/c1-4-10-6-8-12(14-10)11(13)7-5-9(2)3/h6,8-9,11H,4-5,7,13H2,1-3H3. The summed E-state index contributed by atoms with van der Waals surface area (Å²) in [6.07, 6.45) is 3.46. The molecule has 2 N–H and O–H groups in total. The van der Waals surface area contributed by atoms with Crippen LogP contribution in [-0.4, -0.2) is 0 Å². The Bertz CT molecular complexity index is 265. The van der Waals surface area contributed by atoms with E-state index in [2.05, 4.69) is 32.9 Å². The van der Waals surface area contributed by atoms with Gasteiger partial charge in [0.1, 0.15) is 0 Å². The number of nitrogens with two attached hydrogens (primary N) is 1. The molecule has 1 nitrogen and oxygen atoms in total. The van der Waals surface area contributed by atoms with E-state index in [1.807, 2.05) is 11.3 Å². The fourth-order valence-corrected chi connectivity index (χ4v) is 2.43. The molecule has 0 aliphatic rings. The minimum Gasteiger partial charge on any atom is -0.323 e. The van der Waals surface area contributed by atoms with E-state index in [9.17, 15) is 0 Å². The molecule has 0 spiro atoms. The van der Waals surface area contributed by atoms with Crippen molar-refractivity contribution in [3.05, 3.63) is 21.9 Å². The Kier molecular flexibility index (Phi) is 4.63. The quantitative estimate of drug-likeness (QED) is 0.788. The first kappa shape index (κ1) is 11.7. The molecule has 1 aromatic heterocycles. The lowest BCUT2D eigenvalue weighted by atomic mass is 10.0. The molecule has 80 valence electrons. The average molecular weight is 211 g/mol. The highest BCUT2D eigenvalue weighted by atomic mass is 32.1. The minimum atomic E-state index is 0.252. The fraction of sp³-hybridized carbons (Fsp3) is 0.667. The van der Waals surface area contributed by atoms with Crippen molar-refractivity contribution in [1.29, 1.82) is 0 Å². The molecule has 0 radical (unpaired) electrons. The Morgan fingerprint density at radius 3 is 2.50 bits per heavy atom. The van der Waals surface area contributed by atoms with Gasteiger partial charge >= 0.3 is 0 Å². The van der Waals surface area contributed by atoms with Crippen LogP contribution >= 0.6 is 11.3 Å². The number of aryl methyl sites for hydroxylation is 1. The van der Waals surface area contributed by atoms with Crippen LogP contribution < -0.4 is 5.73 Å². The fourth-order valence-electron chi connectivity index (χ4n) is 1.44. The second kappa shape index (κ2) is 5.52. The summed E-state index contributed by atoms with van der Waals surface area (Å²) >= 11 is 1.87. The molecule has 0 aliphatic heterocycles. The first-order valence-electron chi connectivity index (χ1n) is 5.47. The number of hydrogen-bond acceptors (Lipinski definition) is 2. The van der Waals surface area contributed by atoms with Gasteiger partial charge in [-0.15, -0.1) is 11.3 Å². The van der Waals surface area contributed by atoms with Crippen LogP contribution in [0, 0.1) is 5.92 Å². The van der Waals surface area contributed by atoms with Crippen molar-refractivity contribution in [2.45, 2.75) is 46.1 Å². The summed E-state index contributed by atoms with van der Waals surface area (Å²) in [6.45, 7) is 6.69. The Labute approximate surface area is 91.3 Å². The van der Waals surface area contributed by atoms with Crippen molar-refractivity contribution in [1.82, 2.24) is 0 Å². The molecule has 0 bridgehead atoms. The monoisotopic (exact) mass is 211 g/mol. The zero-order chi connectivity index (χ0) is 10.6. The van der Waals surface area contributed by atoms with Crippen LogP contribution in [0.15, 0.2) is 12.1 Å². The van der Waals surface area contributed by atoms with Gasteiger partial charge in [-0.05, 0) is 37.3 Å². The zero-order valence-electron chi connectivity index (χ0n) is 9.42. The zero-order valence-corrected chi connectivity index (χ0v) is 10.2. The second-order valence-electron chi connectivity index (χ2n) is 4.24. The maximum absolute atomic E-state index is 6.12. The lowest BCUT2D eigenvalue weighted by molar-refractivity contribution is 0.510. The highest BCUT2D eigenvalue weighted by Crippen LogP contribution is 2.26. The van der Waals surface area contributed by atoms with Gasteiger partial charge < -0.3 is 5.73 Å². The summed E-state index contributed by atoms with van der Waals surface area (Å²) in [7, 11) is 0. The first-order valence-corrected chi connectivity index (χ1v) is 6.29. The molecule has 0 amide bonds. The van der Waals surface area contributed by atoms with Crippen LogP contribution in [0.4, 0.5) is 0 Å². The molecule has 0 saturated carbocycles. The summed E-state index contributed by atoms with van der Waals surface area (Å²) in [6, 6.07) is 4.65. The van der Waals surface area contributed by atoms with E-state index >= 15 is 0 Å². The van der Waals surface area contributed by atoms with Crippen molar-refractivity contribution in [2.24, 2.45) is 11.7 Å². The number of rotatable bonds is 5. The van der Waals surface area contributed by atoms with E-state index in [1.54, 1.807) is 0 Å². The van der Waals surface area contributed by atoms with E-state index in [4.69, 9.17) is 5.73 Å². The lowest BCUT2D eigenvalue weighted by Crippen LogP contribution is -2.09. The third-order valence-corrected chi connectivity index (χ3v) is 3.81. The van der Waals surface area contributed by atoms with Gasteiger partial charge in [0.2, 0.25) is 0 Å². The molecule has 2 heteroatoms. The minimum absolute atomic E-state index is 0.252. The lowest BCUT2D eigenvalue weighted by Gasteiger charge is -2.10. The van der Waals surface area contributed by atoms with E-state index in [0.717, 1.165) is 18.8 Å². The van der Waals surface area contributed by atoms with Gasteiger partial charge in [0, 0.05) is 15.8 Å². The average Bonchev–Trinajstić information content (AvgIpc) is 2.62. The number of hydrogen-bond donors (Lipinski definition) is 1. The molecule has 0 saturated heterocycles. The van der Waals surface area contributed by atoms with Crippen molar-refractivity contribution < 1.29 is 0 Å². The van der Waals surface area contributed by atoms with Crippen LogP contribution in [0.1, 0.15) is 49.4 Å². The Morgan fingerprint density at radius 1 is 1.29 bits per heavy atom. The summed E-state index contributed by atoms with van der Waals surface area (Å²) in [5.74, 6) is 0.756. The molecule has 1 unspecified atom stereocenters. The molecule has 0 aliphatic carbocycles. The van der Waals surface area contributed by atoms with Crippen molar-refractivity contribution >= 4 is 11.3 Å². The van der Waals surface area contributed by atoms with E-state index in [-0.39, 0.29) is 6.04 Å². The van der Waals surface area contributed by atoms with Gasteiger partial charge in [0.05, 0.1) is 0 Å². The molecule has 1 atom stereocenters. The third kappa shape index (κ3) is 3.43. The molecule has 0 aromatic carbocycles. The maximum Gasteiger partial charge on any atom is 0.0389 e. The van der Waals surface area contributed by atoms with Crippen LogP contribution in [0.5, 0.6) is 0 Å². The molecule has 1 aromatic rings.